The quantitative estimate of drug-likeness (QED) is 0.807. The van der Waals surface area contributed by atoms with Gasteiger partial charge in [-0.2, -0.15) is 0 Å². The maximum atomic E-state index is 12.5. The minimum Gasteiger partial charge on any atom is -0.353 e. The Labute approximate surface area is 117 Å². The molecule has 3 N–H and O–H groups in total. The summed E-state index contributed by atoms with van der Waals surface area (Å²) in [6, 6.07) is 0.557. The van der Waals surface area contributed by atoms with Crippen LogP contribution in [-0.2, 0) is 4.79 Å². The molecule has 0 heterocycles. The van der Waals surface area contributed by atoms with Crippen molar-refractivity contribution in [3.05, 3.63) is 0 Å². The molecule has 0 aromatic rings. The Morgan fingerprint density at radius 2 is 1.95 bits per heavy atom. The average molecular weight is 266 g/mol. The zero-order valence-electron chi connectivity index (χ0n) is 12.7. The van der Waals surface area contributed by atoms with Gasteiger partial charge in [0.15, 0.2) is 0 Å². The lowest BCUT2D eigenvalue weighted by atomic mass is 9.72. The lowest BCUT2D eigenvalue weighted by Gasteiger charge is -2.40. The Kier molecular flexibility index (Phi) is 4.54. The topological polar surface area (TPSA) is 55.1 Å². The van der Waals surface area contributed by atoms with E-state index in [0.717, 1.165) is 25.7 Å². The van der Waals surface area contributed by atoms with Gasteiger partial charge in [0.25, 0.3) is 0 Å². The fourth-order valence-electron chi connectivity index (χ4n) is 3.92. The monoisotopic (exact) mass is 266 g/mol. The van der Waals surface area contributed by atoms with Crippen molar-refractivity contribution >= 4 is 5.91 Å². The Hall–Kier alpha value is -0.570. The molecule has 0 aromatic carbocycles. The summed E-state index contributed by atoms with van der Waals surface area (Å²) in [4.78, 5) is 12.5. The van der Waals surface area contributed by atoms with Crippen molar-refractivity contribution in [1.29, 1.82) is 0 Å². The SMILES string of the molecule is CC1CC(N)CC(C(=O)NC2CCCCC2(C)C)C1. The normalized spacial score (nSPS) is 38.7. The third-order valence-electron chi connectivity index (χ3n) is 5.17. The molecular weight excluding hydrogens is 236 g/mol. The summed E-state index contributed by atoms with van der Waals surface area (Å²) in [5.74, 6) is 0.970. The van der Waals surface area contributed by atoms with Crippen LogP contribution in [0.1, 0.15) is 65.7 Å². The van der Waals surface area contributed by atoms with Gasteiger partial charge in [0.1, 0.15) is 0 Å². The molecule has 3 nitrogen and oxygen atoms in total. The molecule has 2 fully saturated rings. The molecule has 2 rings (SSSR count). The van der Waals surface area contributed by atoms with Gasteiger partial charge in [-0.15, -0.1) is 0 Å². The second kappa shape index (κ2) is 5.82. The standard InChI is InChI=1S/C16H30N2O/c1-11-8-12(10-13(17)9-11)15(19)18-14-6-4-5-7-16(14,2)3/h11-14H,4-10,17H2,1-3H3,(H,18,19). The molecule has 19 heavy (non-hydrogen) atoms. The number of nitrogens with two attached hydrogens (primary N) is 1. The van der Waals surface area contributed by atoms with E-state index < -0.39 is 0 Å². The van der Waals surface area contributed by atoms with Crippen molar-refractivity contribution in [3.8, 4) is 0 Å². The van der Waals surface area contributed by atoms with Crippen molar-refractivity contribution in [3.63, 3.8) is 0 Å². The van der Waals surface area contributed by atoms with Gasteiger partial charge in [0, 0.05) is 18.0 Å². The van der Waals surface area contributed by atoms with Gasteiger partial charge in [-0.25, -0.2) is 0 Å². The number of hydrogen-bond acceptors (Lipinski definition) is 2. The van der Waals surface area contributed by atoms with Gasteiger partial charge in [-0.05, 0) is 43.4 Å². The van der Waals surface area contributed by atoms with Crippen LogP contribution in [0.2, 0.25) is 0 Å². The van der Waals surface area contributed by atoms with Gasteiger partial charge in [0.2, 0.25) is 5.91 Å². The molecule has 2 aliphatic rings. The maximum absolute atomic E-state index is 12.5. The zero-order valence-corrected chi connectivity index (χ0v) is 12.7. The van der Waals surface area contributed by atoms with E-state index in [0.29, 0.717) is 12.0 Å². The van der Waals surface area contributed by atoms with Crippen LogP contribution in [0.5, 0.6) is 0 Å². The molecule has 3 heteroatoms. The first-order chi connectivity index (χ1) is 8.88. The largest absolute Gasteiger partial charge is 0.353 e. The molecule has 4 unspecified atom stereocenters. The second-order valence-electron chi connectivity index (χ2n) is 7.56. The molecule has 0 aliphatic heterocycles. The summed E-state index contributed by atoms with van der Waals surface area (Å²) in [5, 5.41) is 3.33. The van der Waals surface area contributed by atoms with E-state index in [2.05, 4.69) is 26.1 Å². The summed E-state index contributed by atoms with van der Waals surface area (Å²) in [7, 11) is 0. The Balaban J connectivity index is 1.93. The highest BCUT2D eigenvalue weighted by Crippen LogP contribution is 2.36. The average Bonchev–Trinajstić information content (AvgIpc) is 2.30. The van der Waals surface area contributed by atoms with Crippen LogP contribution >= 0.6 is 0 Å². The van der Waals surface area contributed by atoms with E-state index in [-0.39, 0.29) is 23.3 Å². The van der Waals surface area contributed by atoms with E-state index in [4.69, 9.17) is 5.73 Å². The first-order valence-corrected chi connectivity index (χ1v) is 7.94. The summed E-state index contributed by atoms with van der Waals surface area (Å²) in [6.45, 7) is 6.78. The minimum absolute atomic E-state index is 0.136. The minimum atomic E-state index is 0.136. The highest BCUT2D eigenvalue weighted by Gasteiger charge is 2.36. The highest BCUT2D eigenvalue weighted by atomic mass is 16.1. The Morgan fingerprint density at radius 1 is 1.21 bits per heavy atom. The molecule has 110 valence electrons. The van der Waals surface area contributed by atoms with Crippen molar-refractivity contribution in [2.45, 2.75) is 77.8 Å². The predicted molar refractivity (Wildman–Crippen MR) is 78.7 cm³/mol. The predicted octanol–water partition coefficient (Wildman–Crippen LogP) is 2.83. The molecule has 4 atom stereocenters. The number of carbonyl (C=O) groups is 1. The van der Waals surface area contributed by atoms with Crippen molar-refractivity contribution in [1.82, 2.24) is 5.32 Å². The summed E-state index contributed by atoms with van der Waals surface area (Å²) in [5.41, 5.74) is 6.31. The first kappa shape index (κ1) is 14.8. The molecule has 0 spiro atoms. The number of rotatable bonds is 2. The fraction of sp³-hybridized carbons (Fsp3) is 0.938. The maximum Gasteiger partial charge on any atom is 0.223 e. The van der Waals surface area contributed by atoms with Crippen molar-refractivity contribution < 1.29 is 4.79 Å². The van der Waals surface area contributed by atoms with E-state index in [9.17, 15) is 4.79 Å². The Morgan fingerprint density at radius 3 is 2.58 bits per heavy atom. The third kappa shape index (κ3) is 3.71. The van der Waals surface area contributed by atoms with E-state index in [1.54, 1.807) is 0 Å². The molecule has 1 amide bonds. The van der Waals surface area contributed by atoms with Crippen LogP contribution in [0.25, 0.3) is 0 Å². The lowest BCUT2D eigenvalue weighted by molar-refractivity contribution is -0.128. The van der Waals surface area contributed by atoms with Gasteiger partial charge < -0.3 is 11.1 Å². The van der Waals surface area contributed by atoms with Crippen LogP contribution in [0.4, 0.5) is 0 Å². The van der Waals surface area contributed by atoms with Crippen LogP contribution in [0.3, 0.4) is 0 Å². The third-order valence-corrected chi connectivity index (χ3v) is 5.17. The second-order valence-corrected chi connectivity index (χ2v) is 7.56. The number of amides is 1. The summed E-state index contributed by atoms with van der Waals surface area (Å²) < 4.78 is 0. The van der Waals surface area contributed by atoms with Gasteiger partial charge in [-0.3, -0.25) is 4.79 Å². The van der Waals surface area contributed by atoms with Crippen LogP contribution < -0.4 is 11.1 Å². The van der Waals surface area contributed by atoms with E-state index in [1.165, 1.54) is 19.3 Å². The van der Waals surface area contributed by atoms with Crippen LogP contribution in [-0.4, -0.2) is 18.0 Å². The molecule has 0 radical (unpaired) electrons. The van der Waals surface area contributed by atoms with Gasteiger partial charge in [-0.1, -0.05) is 33.6 Å². The number of hydrogen-bond donors (Lipinski definition) is 2. The smallest absolute Gasteiger partial charge is 0.223 e. The molecule has 2 saturated carbocycles. The van der Waals surface area contributed by atoms with Crippen molar-refractivity contribution in [2.75, 3.05) is 0 Å². The molecule has 2 aliphatic carbocycles. The molecular formula is C16H30N2O. The zero-order chi connectivity index (χ0) is 14.0. The fourth-order valence-corrected chi connectivity index (χ4v) is 3.92. The van der Waals surface area contributed by atoms with Crippen LogP contribution in [0.15, 0.2) is 0 Å². The van der Waals surface area contributed by atoms with E-state index in [1.807, 2.05) is 0 Å². The summed E-state index contributed by atoms with van der Waals surface area (Å²) >= 11 is 0. The summed E-state index contributed by atoms with van der Waals surface area (Å²) in [6.07, 6.45) is 7.83. The Bertz CT molecular complexity index is 317. The highest BCUT2D eigenvalue weighted by molar-refractivity contribution is 5.79. The van der Waals surface area contributed by atoms with Gasteiger partial charge in [0.05, 0.1) is 0 Å². The van der Waals surface area contributed by atoms with Crippen molar-refractivity contribution in [2.24, 2.45) is 23.0 Å². The molecule has 0 bridgehead atoms. The molecule has 0 aromatic heterocycles. The number of carbonyl (C=O) groups excluding carboxylic acids is 1. The van der Waals surface area contributed by atoms with Crippen LogP contribution in [0, 0.1) is 17.3 Å². The molecule has 0 saturated heterocycles. The van der Waals surface area contributed by atoms with E-state index >= 15 is 0 Å². The van der Waals surface area contributed by atoms with Gasteiger partial charge >= 0.3 is 0 Å². The lowest BCUT2D eigenvalue weighted by Crippen LogP contribution is -2.50. The number of nitrogens with one attached hydrogen (secondary N) is 1. The first-order valence-electron chi connectivity index (χ1n) is 7.94.